The van der Waals surface area contributed by atoms with E-state index in [0.717, 1.165) is 31.4 Å². The molecule has 2 aliphatic rings. The molecule has 0 radical (unpaired) electrons. The van der Waals surface area contributed by atoms with E-state index in [1.54, 1.807) is 12.1 Å². The zero-order valence-electron chi connectivity index (χ0n) is 9.42. The Morgan fingerprint density at radius 2 is 2.00 bits per heavy atom. The van der Waals surface area contributed by atoms with E-state index in [1.807, 2.05) is 0 Å². The number of nitrogens with zero attached hydrogens (tertiary/aromatic N) is 1. The molecule has 1 saturated carbocycles. The van der Waals surface area contributed by atoms with Crippen molar-refractivity contribution >= 4 is 29.0 Å². The molecule has 1 spiro atoms. The van der Waals surface area contributed by atoms with Crippen LogP contribution in [0.15, 0.2) is 12.1 Å². The SMILES string of the molecule is O=C1Nc2ccc(Cl)nc2NC12CCCCC2. The molecule has 5 heteroatoms. The van der Waals surface area contributed by atoms with Crippen LogP contribution in [0.5, 0.6) is 0 Å². The summed E-state index contributed by atoms with van der Waals surface area (Å²) in [6.45, 7) is 0. The van der Waals surface area contributed by atoms with Gasteiger partial charge in [-0.2, -0.15) is 0 Å². The Morgan fingerprint density at radius 3 is 2.76 bits per heavy atom. The number of hydrogen-bond donors (Lipinski definition) is 2. The smallest absolute Gasteiger partial charge is 0.250 e. The normalized spacial score (nSPS) is 21.6. The van der Waals surface area contributed by atoms with Gasteiger partial charge in [0.15, 0.2) is 5.82 Å². The van der Waals surface area contributed by atoms with Crippen molar-refractivity contribution < 1.29 is 4.79 Å². The van der Waals surface area contributed by atoms with Crippen LogP contribution in [-0.2, 0) is 4.79 Å². The molecule has 2 N–H and O–H groups in total. The zero-order valence-corrected chi connectivity index (χ0v) is 10.2. The molecule has 1 fully saturated rings. The first-order chi connectivity index (χ1) is 8.20. The second kappa shape index (κ2) is 3.88. The first kappa shape index (κ1) is 10.8. The lowest BCUT2D eigenvalue weighted by molar-refractivity contribution is -0.121. The number of amides is 1. The first-order valence-corrected chi connectivity index (χ1v) is 6.34. The number of carbonyl (C=O) groups is 1. The number of nitrogens with one attached hydrogen (secondary N) is 2. The van der Waals surface area contributed by atoms with Crippen molar-refractivity contribution in [2.75, 3.05) is 10.6 Å². The molecule has 1 aromatic rings. The fourth-order valence-corrected chi connectivity index (χ4v) is 2.81. The Balaban J connectivity index is 1.98. The Labute approximate surface area is 105 Å². The number of carbonyl (C=O) groups excluding carboxylic acids is 1. The summed E-state index contributed by atoms with van der Waals surface area (Å²) in [4.78, 5) is 16.4. The number of aromatic nitrogens is 1. The van der Waals surface area contributed by atoms with E-state index in [1.165, 1.54) is 6.42 Å². The Kier molecular flexibility index (Phi) is 2.47. The monoisotopic (exact) mass is 251 g/mol. The predicted molar refractivity (Wildman–Crippen MR) is 67.3 cm³/mol. The van der Waals surface area contributed by atoms with Gasteiger partial charge in [-0.3, -0.25) is 4.79 Å². The van der Waals surface area contributed by atoms with Gasteiger partial charge in [-0.25, -0.2) is 4.98 Å². The van der Waals surface area contributed by atoms with E-state index in [-0.39, 0.29) is 5.91 Å². The Morgan fingerprint density at radius 1 is 1.24 bits per heavy atom. The lowest BCUT2D eigenvalue weighted by Gasteiger charge is -2.40. The van der Waals surface area contributed by atoms with Gasteiger partial charge in [0.05, 0.1) is 5.69 Å². The summed E-state index contributed by atoms with van der Waals surface area (Å²) < 4.78 is 0. The minimum absolute atomic E-state index is 0.0637. The van der Waals surface area contributed by atoms with E-state index in [9.17, 15) is 4.79 Å². The van der Waals surface area contributed by atoms with Gasteiger partial charge in [0.2, 0.25) is 5.91 Å². The summed E-state index contributed by atoms with van der Waals surface area (Å²) in [6, 6.07) is 3.46. The third-order valence-corrected chi connectivity index (χ3v) is 3.82. The lowest BCUT2D eigenvalue weighted by Crippen LogP contribution is -2.53. The summed E-state index contributed by atoms with van der Waals surface area (Å²) in [5.41, 5.74) is 0.249. The number of pyridine rings is 1. The van der Waals surface area contributed by atoms with Crippen molar-refractivity contribution in [1.82, 2.24) is 4.98 Å². The minimum Gasteiger partial charge on any atom is -0.354 e. The molecule has 0 aromatic carbocycles. The number of hydrogen-bond acceptors (Lipinski definition) is 3. The van der Waals surface area contributed by atoms with Crippen molar-refractivity contribution in [2.24, 2.45) is 0 Å². The second-order valence-corrected chi connectivity index (χ2v) is 5.14. The maximum atomic E-state index is 12.2. The van der Waals surface area contributed by atoms with Crippen LogP contribution in [0, 0.1) is 0 Å². The van der Waals surface area contributed by atoms with Gasteiger partial charge >= 0.3 is 0 Å². The van der Waals surface area contributed by atoms with Gasteiger partial charge in [-0.15, -0.1) is 0 Å². The molecule has 0 unspecified atom stereocenters. The predicted octanol–water partition coefficient (Wildman–Crippen LogP) is 2.80. The summed E-state index contributed by atoms with van der Waals surface area (Å²) in [5, 5.41) is 6.66. The third-order valence-electron chi connectivity index (χ3n) is 3.61. The van der Waals surface area contributed by atoms with E-state index < -0.39 is 5.54 Å². The molecular weight excluding hydrogens is 238 g/mol. The van der Waals surface area contributed by atoms with E-state index in [0.29, 0.717) is 11.0 Å². The van der Waals surface area contributed by atoms with E-state index in [2.05, 4.69) is 15.6 Å². The summed E-state index contributed by atoms with van der Waals surface area (Å²) >= 11 is 5.88. The largest absolute Gasteiger partial charge is 0.354 e. The van der Waals surface area contributed by atoms with Crippen molar-refractivity contribution in [3.8, 4) is 0 Å². The van der Waals surface area contributed by atoms with Crippen LogP contribution in [-0.4, -0.2) is 16.4 Å². The molecule has 0 atom stereocenters. The third kappa shape index (κ3) is 1.76. The highest BCUT2D eigenvalue weighted by Gasteiger charge is 2.43. The maximum Gasteiger partial charge on any atom is 0.250 e. The van der Waals surface area contributed by atoms with Crippen molar-refractivity contribution in [3.63, 3.8) is 0 Å². The fraction of sp³-hybridized carbons (Fsp3) is 0.500. The standard InChI is InChI=1S/C12H14ClN3O/c13-9-5-4-8-10(15-9)16-12(11(17)14-8)6-2-1-3-7-12/h4-5H,1-3,6-7H2,(H,14,17)(H,15,16). The van der Waals surface area contributed by atoms with Gasteiger partial charge in [0, 0.05) is 0 Å². The number of rotatable bonds is 0. The average molecular weight is 252 g/mol. The molecule has 90 valence electrons. The van der Waals surface area contributed by atoms with Crippen molar-refractivity contribution in [3.05, 3.63) is 17.3 Å². The van der Waals surface area contributed by atoms with E-state index >= 15 is 0 Å². The zero-order chi connectivity index (χ0) is 11.9. The molecule has 0 bridgehead atoms. The van der Waals surface area contributed by atoms with E-state index in [4.69, 9.17) is 11.6 Å². The highest BCUT2D eigenvalue weighted by atomic mass is 35.5. The average Bonchev–Trinajstić information content (AvgIpc) is 2.32. The molecule has 0 saturated heterocycles. The fourth-order valence-electron chi connectivity index (χ4n) is 2.66. The molecule has 3 rings (SSSR count). The van der Waals surface area contributed by atoms with Crippen LogP contribution in [0.3, 0.4) is 0 Å². The first-order valence-electron chi connectivity index (χ1n) is 5.96. The molecule has 4 nitrogen and oxygen atoms in total. The summed E-state index contributed by atoms with van der Waals surface area (Å²) in [7, 11) is 0. The number of halogens is 1. The number of anilines is 2. The number of fused-ring (bicyclic) bond motifs is 1. The molecule has 1 aliphatic carbocycles. The van der Waals surface area contributed by atoms with Gasteiger partial charge in [0.25, 0.3) is 0 Å². The highest BCUT2D eigenvalue weighted by Crippen LogP contribution is 2.38. The summed E-state index contributed by atoms with van der Waals surface area (Å²) in [6.07, 6.45) is 5.10. The Hall–Kier alpha value is -1.29. The van der Waals surface area contributed by atoms with Crippen LogP contribution in [0.25, 0.3) is 0 Å². The highest BCUT2D eigenvalue weighted by molar-refractivity contribution is 6.29. The van der Waals surface area contributed by atoms with Gasteiger partial charge < -0.3 is 10.6 Å². The van der Waals surface area contributed by atoms with Gasteiger partial charge in [-0.1, -0.05) is 30.9 Å². The molecule has 2 heterocycles. The molecule has 1 amide bonds. The molecule has 17 heavy (non-hydrogen) atoms. The van der Waals surface area contributed by atoms with Crippen LogP contribution in [0.4, 0.5) is 11.5 Å². The molecule has 1 aromatic heterocycles. The van der Waals surface area contributed by atoms with Crippen molar-refractivity contribution in [1.29, 1.82) is 0 Å². The maximum absolute atomic E-state index is 12.2. The van der Waals surface area contributed by atoms with Gasteiger partial charge in [-0.05, 0) is 25.0 Å². The summed E-state index contributed by atoms with van der Waals surface area (Å²) in [5.74, 6) is 0.757. The van der Waals surface area contributed by atoms with Crippen LogP contribution in [0.2, 0.25) is 5.15 Å². The lowest BCUT2D eigenvalue weighted by atomic mass is 9.80. The molecular formula is C12H14ClN3O. The topological polar surface area (TPSA) is 54.0 Å². The van der Waals surface area contributed by atoms with Gasteiger partial charge in [0.1, 0.15) is 10.7 Å². The molecule has 1 aliphatic heterocycles. The van der Waals surface area contributed by atoms with Crippen LogP contribution >= 0.6 is 11.6 Å². The van der Waals surface area contributed by atoms with Crippen LogP contribution < -0.4 is 10.6 Å². The second-order valence-electron chi connectivity index (χ2n) is 4.75. The van der Waals surface area contributed by atoms with Crippen LogP contribution in [0.1, 0.15) is 32.1 Å². The van der Waals surface area contributed by atoms with Crippen molar-refractivity contribution in [2.45, 2.75) is 37.6 Å². The minimum atomic E-state index is -0.469. The quantitative estimate of drug-likeness (QED) is 0.697. The Bertz CT molecular complexity index is 469.